The van der Waals surface area contributed by atoms with E-state index >= 15 is 0 Å². The molecular formula is C26H24Cl2F6N4O4. The van der Waals surface area contributed by atoms with Crippen LogP contribution in [-0.4, -0.2) is 61.7 Å². The number of hydrogen-bond donors (Lipinski definition) is 1. The quantitative estimate of drug-likeness (QED) is 0.264. The number of halogens is 8. The van der Waals surface area contributed by atoms with Crippen LogP contribution in [-0.2, 0) is 16.5 Å². The lowest BCUT2D eigenvalue weighted by molar-refractivity contribution is -0.189. The van der Waals surface area contributed by atoms with Gasteiger partial charge in [0.15, 0.2) is 11.5 Å². The normalized spacial score (nSPS) is 24.9. The van der Waals surface area contributed by atoms with Gasteiger partial charge >= 0.3 is 18.3 Å². The van der Waals surface area contributed by atoms with E-state index in [1.165, 1.54) is 0 Å². The Morgan fingerprint density at radius 2 is 1.45 bits per heavy atom. The number of nitrogens with zero attached hydrogens (tertiary/aromatic N) is 4. The Bertz CT molecular complexity index is 1410. The summed E-state index contributed by atoms with van der Waals surface area (Å²) in [7, 11) is 0. The number of carbonyl (C=O) groups is 3. The van der Waals surface area contributed by atoms with Crippen molar-refractivity contribution in [3.63, 3.8) is 0 Å². The zero-order valence-electron chi connectivity index (χ0n) is 21.8. The van der Waals surface area contributed by atoms with Crippen LogP contribution in [0.5, 0.6) is 0 Å². The minimum absolute atomic E-state index is 0.0656. The highest BCUT2D eigenvalue weighted by Crippen LogP contribution is 2.59. The van der Waals surface area contributed by atoms with E-state index in [1.807, 2.05) is 0 Å². The molecule has 2 heterocycles. The molecule has 4 aliphatic carbocycles. The molecule has 2 aromatic heterocycles. The average molecular weight is 641 g/mol. The highest BCUT2D eigenvalue weighted by Gasteiger charge is 2.64. The summed E-state index contributed by atoms with van der Waals surface area (Å²) in [6.07, 6.45) is -7.35. The van der Waals surface area contributed by atoms with Crippen molar-refractivity contribution in [2.75, 3.05) is 13.1 Å². The van der Waals surface area contributed by atoms with Crippen molar-refractivity contribution in [2.24, 2.45) is 10.8 Å². The standard InChI is InChI=1S/C26H24Cl2F6N4O4/c27-15-10-35-11-16(28)18(15)17(39)12-37(13-23(4-5-23)26(32,33)34)20(40)14-9-36-38(19(14)25(29,30)31)24-6-1-22(2-7-24,3-8-24)21(41)42/h9-11H,1-8,12-13H2,(H,41,42). The number of carboxylic acids is 1. The van der Waals surface area contributed by atoms with Gasteiger partial charge in [0.25, 0.3) is 5.91 Å². The molecule has 4 aliphatic rings. The van der Waals surface area contributed by atoms with Crippen LogP contribution >= 0.6 is 23.2 Å². The maximum atomic E-state index is 14.6. The molecule has 0 saturated heterocycles. The van der Waals surface area contributed by atoms with E-state index in [-0.39, 0.29) is 67.0 Å². The van der Waals surface area contributed by atoms with Crippen LogP contribution in [0.3, 0.4) is 0 Å². The van der Waals surface area contributed by atoms with Gasteiger partial charge in [0.1, 0.15) is 0 Å². The number of hydrogen-bond acceptors (Lipinski definition) is 5. The van der Waals surface area contributed by atoms with Gasteiger partial charge in [0, 0.05) is 18.9 Å². The molecular weight excluding hydrogens is 617 g/mol. The van der Waals surface area contributed by atoms with Crippen LogP contribution < -0.4 is 0 Å². The lowest BCUT2D eigenvalue weighted by Gasteiger charge is -2.51. The number of alkyl halides is 6. The van der Waals surface area contributed by atoms with Crippen molar-refractivity contribution < 1.29 is 45.8 Å². The van der Waals surface area contributed by atoms with E-state index in [9.17, 15) is 45.8 Å². The monoisotopic (exact) mass is 640 g/mol. The molecule has 4 fully saturated rings. The van der Waals surface area contributed by atoms with Crippen LogP contribution in [0.1, 0.15) is 77.8 Å². The highest BCUT2D eigenvalue weighted by atomic mass is 35.5. The number of Topliss-reactive ketones (excluding diaryl/α,β-unsaturated/α-hetero) is 1. The maximum absolute atomic E-state index is 14.6. The van der Waals surface area contributed by atoms with Gasteiger partial charge < -0.3 is 10.0 Å². The number of ketones is 1. The van der Waals surface area contributed by atoms with E-state index in [2.05, 4.69) is 10.1 Å². The third-order valence-corrected chi connectivity index (χ3v) is 9.65. The minimum Gasteiger partial charge on any atom is -0.481 e. The number of carbonyl (C=O) groups excluding carboxylic acids is 2. The predicted octanol–water partition coefficient (Wildman–Crippen LogP) is 6.41. The molecule has 2 bridgehead atoms. The first kappa shape index (κ1) is 30.6. The maximum Gasteiger partial charge on any atom is 0.433 e. The topological polar surface area (TPSA) is 105 Å². The van der Waals surface area contributed by atoms with Gasteiger partial charge in [-0.2, -0.15) is 31.4 Å². The van der Waals surface area contributed by atoms with Crippen molar-refractivity contribution in [1.29, 1.82) is 0 Å². The Hall–Kier alpha value is -2.87. The number of fused-ring (bicyclic) bond motifs is 3. The summed E-state index contributed by atoms with van der Waals surface area (Å²) in [5, 5.41) is 13.1. The Balaban J connectivity index is 1.54. The summed E-state index contributed by atoms with van der Waals surface area (Å²) in [6, 6.07) is 0. The number of pyridine rings is 1. The summed E-state index contributed by atoms with van der Waals surface area (Å²) < 4.78 is 86.2. The molecule has 6 rings (SSSR count). The second-order valence-electron chi connectivity index (χ2n) is 11.5. The Labute approximate surface area is 245 Å². The van der Waals surface area contributed by atoms with Gasteiger partial charge in [-0.1, -0.05) is 23.2 Å². The fourth-order valence-corrected chi connectivity index (χ4v) is 6.86. The number of aromatic nitrogens is 3. The van der Waals surface area contributed by atoms with E-state index in [1.54, 1.807) is 0 Å². The molecule has 8 nitrogen and oxygen atoms in total. The van der Waals surface area contributed by atoms with Crippen LogP contribution in [0, 0.1) is 10.8 Å². The van der Waals surface area contributed by atoms with Crippen molar-refractivity contribution in [2.45, 2.75) is 69.3 Å². The molecule has 0 spiro atoms. The van der Waals surface area contributed by atoms with Gasteiger partial charge in [-0.05, 0) is 51.4 Å². The van der Waals surface area contributed by atoms with E-state index in [4.69, 9.17) is 23.2 Å². The number of rotatable bonds is 8. The van der Waals surface area contributed by atoms with Gasteiger partial charge in [-0.25, -0.2) is 0 Å². The first-order valence-corrected chi connectivity index (χ1v) is 13.8. The zero-order chi connectivity index (χ0) is 30.9. The molecule has 0 radical (unpaired) electrons. The zero-order valence-corrected chi connectivity index (χ0v) is 23.3. The molecule has 228 valence electrons. The third kappa shape index (κ3) is 5.03. The summed E-state index contributed by atoms with van der Waals surface area (Å²) >= 11 is 12.0. The van der Waals surface area contributed by atoms with Crippen LogP contribution in [0.15, 0.2) is 18.6 Å². The second kappa shape index (κ2) is 10.1. The fraction of sp³-hybridized carbons (Fsp3) is 0.577. The van der Waals surface area contributed by atoms with Crippen LogP contribution in [0.4, 0.5) is 26.3 Å². The summed E-state index contributed by atoms with van der Waals surface area (Å²) in [5.41, 5.74) is -7.42. The molecule has 0 atom stereocenters. The third-order valence-electron chi connectivity index (χ3n) is 9.08. The predicted molar refractivity (Wildman–Crippen MR) is 135 cm³/mol. The van der Waals surface area contributed by atoms with Gasteiger partial charge in [-0.15, -0.1) is 0 Å². The number of aliphatic carboxylic acids is 1. The second-order valence-corrected chi connectivity index (χ2v) is 12.3. The summed E-state index contributed by atoms with van der Waals surface area (Å²) in [5.74, 6) is -3.46. The number of amides is 1. The van der Waals surface area contributed by atoms with Crippen molar-refractivity contribution >= 4 is 40.9 Å². The molecule has 0 aromatic carbocycles. The fourth-order valence-electron chi connectivity index (χ4n) is 6.29. The molecule has 16 heteroatoms. The molecule has 1 amide bonds. The van der Waals surface area contributed by atoms with E-state index in [0.29, 0.717) is 15.8 Å². The van der Waals surface area contributed by atoms with Crippen molar-refractivity contribution in [1.82, 2.24) is 19.7 Å². The first-order valence-electron chi connectivity index (χ1n) is 13.0. The van der Waals surface area contributed by atoms with Crippen molar-refractivity contribution in [3.8, 4) is 0 Å². The molecule has 1 N–H and O–H groups in total. The van der Waals surface area contributed by atoms with E-state index < -0.39 is 70.7 Å². The van der Waals surface area contributed by atoms with Gasteiger partial charge in [-0.3, -0.25) is 24.0 Å². The van der Waals surface area contributed by atoms with Gasteiger partial charge in [0.05, 0.1) is 50.3 Å². The smallest absolute Gasteiger partial charge is 0.433 e. The summed E-state index contributed by atoms with van der Waals surface area (Å²) in [6.45, 7) is -2.09. The molecule has 0 unspecified atom stereocenters. The Morgan fingerprint density at radius 3 is 1.90 bits per heavy atom. The molecule has 4 saturated carbocycles. The first-order chi connectivity index (χ1) is 19.5. The SMILES string of the molecule is O=C(CN(CC1(C(F)(F)F)CC1)C(=O)c1cnn(C23CCC(C(=O)O)(CC2)CC3)c1C(F)(F)F)c1c(Cl)cncc1Cl. The van der Waals surface area contributed by atoms with Crippen molar-refractivity contribution in [3.05, 3.63) is 45.5 Å². The molecule has 42 heavy (non-hydrogen) atoms. The largest absolute Gasteiger partial charge is 0.481 e. The lowest BCUT2D eigenvalue weighted by Crippen LogP contribution is -2.52. The minimum atomic E-state index is -5.15. The van der Waals surface area contributed by atoms with Gasteiger partial charge in [0.2, 0.25) is 0 Å². The molecule has 0 aliphatic heterocycles. The van der Waals surface area contributed by atoms with Crippen LogP contribution in [0.25, 0.3) is 0 Å². The van der Waals surface area contributed by atoms with Crippen LogP contribution in [0.2, 0.25) is 10.0 Å². The average Bonchev–Trinajstić information content (AvgIpc) is 3.56. The number of carboxylic acid groups (broad SMARTS) is 1. The Kier molecular flexibility index (Phi) is 7.36. The van der Waals surface area contributed by atoms with E-state index in [0.717, 1.165) is 12.4 Å². The summed E-state index contributed by atoms with van der Waals surface area (Å²) in [4.78, 5) is 42.8. The molecule has 2 aromatic rings. The lowest BCUT2D eigenvalue weighted by atomic mass is 9.57. The highest BCUT2D eigenvalue weighted by molar-refractivity contribution is 6.39. The Morgan fingerprint density at radius 1 is 0.905 bits per heavy atom.